The maximum absolute atomic E-state index is 12.2. The number of benzene rings is 1. The molecule has 0 aliphatic carbocycles. The molecule has 0 unspecified atom stereocenters. The number of aryl methyl sites for hydroxylation is 1. The summed E-state index contributed by atoms with van der Waals surface area (Å²) in [5, 5.41) is 11.8. The molecule has 2 heterocycles. The second-order valence-electron chi connectivity index (χ2n) is 7.26. The van der Waals surface area contributed by atoms with E-state index in [4.69, 9.17) is 0 Å². The summed E-state index contributed by atoms with van der Waals surface area (Å²) >= 11 is 0. The van der Waals surface area contributed by atoms with Gasteiger partial charge in [0, 0.05) is 30.8 Å². The van der Waals surface area contributed by atoms with E-state index in [-0.39, 0.29) is 17.4 Å². The van der Waals surface area contributed by atoms with Crippen LogP contribution in [0.15, 0.2) is 30.3 Å². The van der Waals surface area contributed by atoms with E-state index in [1.165, 1.54) is 5.56 Å². The van der Waals surface area contributed by atoms with Gasteiger partial charge in [-0.05, 0) is 12.0 Å². The van der Waals surface area contributed by atoms with Crippen molar-refractivity contribution in [1.29, 1.82) is 0 Å². The monoisotopic (exact) mass is 312 g/mol. The van der Waals surface area contributed by atoms with Crippen LogP contribution in [-0.2, 0) is 24.2 Å². The Morgan fingerprint density at radius 2 is 2.00 bits per heavy atom. The zero-order valence-corrected chi connectivity index (χ0v) is 14.0. The molecule has 0 saturated heterocycles. The third kappa shape index (κ3) is 3.60. The molecule has 0 spiro atoms. The third-order valence-corrected chi connectivity index (χ3v) is 4.24. The Hall–Kier alpha value is -2.17. The third-order valence-electron chi connectivity index (χ3n) is 4.24. The summed E-state index contributed by atoms with van der Waals surface area (Å²) in [7, 11) is 0. The molecule has 1 atom stereocenters. The van der Waals surface area contributed by atoms with Crippen LogP contribution in [0.3, 0.4) is 0 Å². The molecule has 1 aromatic heterocycles. The lowest BCUT2D eigenvalue weighted by Gasteiger charge is -2.28. The van der Waals surface area contributed by atoms with Crippen molar-refractivity contribution in [1.82, 2.24) is 20.1 Å². The minimum Gasteiger partial charge on any atom is -0.351 e. The molecule has 1 aromatic carbocycles. The molecular weight excluding hydrogens is 288 g/mol. The average molecular weight is 312 g/mol. The van der Waals surface area contributed by atoms with Gasteiger partial charge in [-0.2, -0.15) is 0 Å². The second kappa shape index (κ2) is 6.14. The zero-order chi connectivity index (χ0) is 16.4. The lowest BCUT2D eigenvalue weighted by atomic mass is 9.94. The molecule has 1 aliphatic rings. The van der Waals surface area contributed by atoms with Crippen molar-refractivity contribution < 1.29 is 4.79 Å². The molecule has 2 aromatic rings. The van der Waals surface area contributed by atoms with Crippen molar-refractivity contribution in [3.8, 4) is 0 Å². The first kappa shape index (κ1) is 15.7. The van der Waals surface area contributed by atoms with Gasteiger partial charge in [-0.3, -0.25) is 4.79 Å². The molecule has 0 fully saturated rings. The van der Waals surface area contributed by atoms with Gasteiger partial charge >= 0.3 is 0 Å². The van der Waals surface area contributed by atoms with Crippen LogP contribution in [0.1, 0.15) is 44.4 Å². The average Bonchev–Trinajstić information content (AvgIpc) is 2.90. The van der Waals surface area contributed by atoms with E-state index in [0.29, 0.717) is 0 Å². The maximum atomic E-state index is 12.2. The highest BCUT2D eigenvalue weighted by Gasteiger charge is 2.28. The molecule has 23 heavy (non-hydrogen) atoms. The van der Waals surface area contributed by atoms with Crippen LogP contribution < -0.4 is 5.32 Å². The number of hydrogen-bond acceptors (Lipinski definition) is 3. The first-order valence-electron chi connectivity index (χ1n) is 8.19. The van der Waals surface area contributed by atoms with E-state index in [2.05, 4.69) is 32.2 Å². The van der Waals surface area contributed by atoms with Gasteiger partial charge in [0.25, 0.3) is 0 Å². The van der Waals surface area contributed by atoms with Gasteiger partial charge in [0.15, 0.2) is 0 Å². The fourth-order valence-corrected chi connectivity index (χ4v) is 2.81. The number of carbonyl (C=O) groups is 1. The van der Waals surface area contributed by atoms with Gasteiger partial charge in [0.05, 0.1) is 0 Å². The van der Waals surface area contributed by atoms with Gasteiger partial charge in [-0.1, -0.05) is 51.1 Å². The summed E-state index contributed by atoms with van der Waals surface area (Å²) < 4.78 is 2.17. The SMILES string of the molecule is CC(C)(C)C(=O)N[C@@H]1CCc2nnc(Cc3ccccc3)n2C1. The van der Waals surface area contributed by atoms with E-state index < -0.39 is 0 Å². The summed E-state index contributed by atoms with van der Waals surface area (Å²) in [6, 6.07) is 10.4. The molecule has 1 aliphatic heterocycles. The minimum atomic E-state index is -0.361. The molecule has 122 valence electrons. The molecule has 3 rings (SSSR count). The van der Waals surface area contributed by atoms with Crippen molar-refractivity contribution in [2.75, 3.05) is 0 Å². The Kier molecular flexibility index (Phi) is 4.20. The molecule has 0 radical (unpaired) electrons. The lowest BCUT2D eigenvalue weighted by molar-refractivity contribution is -0.129. The molecule has 1 N–H and O–H groups in total. The predicted octanol–water partition coefficient (Wildman–Crippen LogP) is 2.35. The van der Waals surface area contributed by atoms with Gasteiger partial charge in [-0.25, -0.2) is 0 Å². The molecular formula is C18H24N4O. The second-order valence-corrected chi connectivity index (χ2v) is 7.26. The number of amides is 1. The Labute approximate surface area is 137 Å². The quantitative estimate of drug-likeness (QED) is 0.946. The van der Waals surface area contributed by atoms with Crippen LogP contribution in [0.2, 0.25) is 0 Å². The van der Waals surface area contributed by atoms with Crippen LogP contribution in [0, 0.1) is 5.41 Å². The van der Waals surface area contributed by atoms with Gasteiger partial charge in [0.1, 0.15) is 11.6 Å². The standard InChI is InChI=1S/C18H24N4O/c1-18(2,3)17(23)19-14-9-10-15-20-21-16(22(15)12-14)11-13-7-5-4-6-8-13/h4-8,14H,9-12H2,1-3H3,(H,19,23)/t14-/m1/s1. The van der Waals surface area contributed by atoms with E-state index in [1.807, 2.05) is 39.0 Å². The summed E-state index contributed by atoms with van der Waals surface area (Å²) in [4.78, 5) is 12.2. The fourth-order valence-electron chi connectivity index (χ4n) is 2.81. The first-order valence-corrected chi connectivity index (χ1v) is 8.19. The molecule has 5 nitrogen and oxygen atoms in total. The van der Waals surface area contributed by atoms with E-state index in [1.54, 1.807) is 0 Å². The highest BCUT2D eigenvalue weighted by molar-refractivity contribution is 5.81. The number of rotatable bonds is 3. The molecule has 0 bridgehead atoms. The highest BCUT2D eigenvalue weighted by Crippen LogP contribution is 2.19. The van der Waals surface area contributed by atoms with Crippen LogP contribution in [0.5, 0.6) is 0 Å². The van der Waals surface area contributed by atoms with Crippen LogP contribution in [0.25, 0.3) is 0 Å². The van der Waals surface area contributed by atoms with Crippen molar-refractivity contribution >= 4 is 5.91 Å². The maximum Gasteiger partial charge on any atom is 0.225 e. The molecule has 1 amide bonds. The van der Waals surface area contributed by atoms with Crippen LogP contribution in [0.4, 0.5) is 0 Å². The smallest absolute Gasteiger partial charge is 0.225 e. The van der Waals surface area contributed by atoms with Crippen molar-refractivity contribution in [2.45, 2.75) is 52.6 Å². The highest BCUT2D eigenvalue weighted by atomic mass is 16.2. The predicted molar refractivity (Wildman–Crippen MR) is 89.0 cm³/mol. The lowest BCUT2D eigenvalue weighted by Crippen LogP contribution is -2.45. The summed E-state index contributed by atoms with van der Waals surface area (Å²) in [5.41, 5.74) is 0.865. The number of nitrogens with zero attached hydrogens (tertiary/aromatic N) is 3. The topological polar surface area (TPSA) is 59.8 Å². The zero-order valence-electron chi connectivity index (χ0n) is 14.0. The Morgan fingerprint density at radius 3 is 2.70 bits per heavy atom. The fraction of sp³-hybridized carbons (Fsp3) is 0.500. The Balaban J connectivity index is 1.72. The largest absolute Gasteiger partial charge is 0.351 e. The first-order chi connectivity index (χ1) is 10.9. The van der Waals surface area contributed by atoms with Gasteiger partial charge in [-0.15, -0.1) is 10.2 Å². The van der Waals surface area contributed by atoms with Crippen LogP contribution >= 0.6 is 0 Å². The number of fused-ring (bicyclic) bond motifs is 1. The van der Waals surface area contributed by atoms with E-state index >= 15 is 0 Å². The normalized spacial score (nSPS) is 17.6. The molecule has 5 heteroatoms. The van der Waals surface area contributed by atoms with Gasteiger partial charge in [0.2, 0.25) is 5.91 Å². The van der Waals surface area contributed by atoms with Crippen molar-refractivity contribution in [3.63, 3.8) is 0 Å². The number of aromatic nitrogens is 3. The summed E-state index contributed by atoms with van der Waals surface area (Å²) in [6.45, 7) is 6.58. The van der Waals surface area contributed by atoms with E-state index in [0.717, 1.165) is 37.5 Å². The van der Waals surface area contributed by atoms with Crippen molar-refractivity contribution in [3.05, 3.63) is 47.5 Å². The van der Waals surface area contributed by atoms with Crippen molar-refractivity contribution in [2.24, 2.45) is 5.41 Å². The summed E-state index contributed by atoms with van der Waals surface area (Å²) in [5.74, 6) is 2.10. The number of nitrogens with one attached hydrogen (secondary N) is 1. The minimum absolute atomic E-state index is 0.101. The van der Waals surface area contributed by atoms with Gasteiger partial charge < -0.3 is 9.88 Å². The Bertz CT molecular complexity index is 685. The Morgan fingerprint density at radius 1 is 1.26 bits per heavy atom. The molecule has 0 saturated carbocycles. The summed E-state index contributed by atoms with van der Waals surface area (Å²) in [6.07, 6.45) is 2.55. The van der Waals surface area contributed by atoms with E-state index in [9.17, 15) is 4.79 Å². The number of carbonyl (C=O) groups excluding carboxylic acids is 1. The number of hydrogen-bond donors (Lipinski definition) is 1. The van der Waals surface area contributed by atoms with Crippen LogP contribution in [-0.4, -0.2) is 26.7 Å².